The highest BCUT2D eigenvalue weighted by atomic mass is 16.6. The highest BCUT2D eigenvalue weighted by Gasteiger charge is 2.06. The minimum absolute atomic E-state index is 0.165. The fourth-order valence-electron chi connectivity index (χ4n) is 0.485. The summed E-state index contributed by atoms with van der Waals surface area (Å²) in [5.74, 6) is 4.82. The number of hydrogen-bond donors (Lipinski definition) is 2. The van der Waals surface area contributed by atoms with Crippen LogP contribution in [0.25, 0.3) is 0 Å². The Kier molecular flexibility index (Phi) is 3.77. The van der Waals surface area contributed by atoms with E-state index in [1.807, 2.05) is 0 Å². The van der Waals surface area contributed by atoms with Gasteiger partial charge in [-0.2, -0.15) is 0 Å². The van der Waals surface area contributed by atoms with E-state index in [2.05, 4.69) is 30.9 Å². The van der Waals surface area contributed by atoms with Crippen molar-refractivity contribution in [3.63, 3.8) is 0 Å². The molecule has 0 heterocycles. The zero-order chi connectivity index (χ0) is 7.33. The van der Waals surface area contributed by atoms with Crippen LogP contribution in [0.15, 0.2) is 0 Å². The van der Waals surface area contributed by atoms with Crippen LogP contribution in [0.3, 0.4) is 0 Å². The zero-order valence-electron chi connectivity index (χ0n) is 6.40. The second kappa shape index (κ2) is 3.82. The molecule has 0 bridgehead atoms. The molecule has 0 saturated carbocycles. The van der Waals surface area contributed by atoms with Crippen LogP contribution < -0.4 is 11.2 Å². The molecular weight excluding hydrogens is 116 g/mol. The van der Waals surface area contributed by atoms with Gasteiger partial charge in [0.05, 0.1) is 6.61 Å². The Balaban J connectivity index is 3.07. The van der Waals surface area contributed by atoms with Crippen molar-refractivity contribution in [2.24, 2.45) is 5.90 Å². The molecule has 0 unspecified atom stereocenters. The Bertz CT molecular complexity index is 67.9. The van der Waals surface area contributed by atoms with E-state index >= 15 is 0 Å². The summed E-state index contributed by atoms with van der Waals surface area (Å²) in [5, 5.41) is 3.22. The van der Waals surface area contributed by atoms with E-state index in [4.69, 9.17) is 5.90 Å². The van der Waals surface area contributed by atoms with Crippen molar-refractivity contribution in [3.05, 3.63) is 0 Å². The van der Waals surface area contributed by atoms with E-state index in [1.165, 1.54) is 0 Å². The molecule has 0 fully saturated rings. The Morgan fingerprint density at radius 3 is 2.33 bits per heavy atom. The number of rotatable bonds is 3. The van der Waals surface area contributed by atoms with Crippen molar-refractivity contribution in [1.82, 2.24) is 5.32 Å². The smallest absolute Gasteiger partial charge is 0.0804 e. The quantitative estimate of drug-likeness (QED) is 0.428. The van der Waals surface area contributed by atoms with Gasteiger partial charge in [0, 0.05) is 12.1 Å². The molecule has 0 aliphatic carbocycles. The van der Waals surface area contributed by atoms with Gasteiger partial charge in [0.2, 0.25) is 0 Å². The number of nitrogens with two attached hydrogens (primary N) is 1. The highest BCUT2D eigenvalue weighted by molar-refractivity contribution is 4.68. The van der Waals surface area contributed by atoms with Gasteiger partial charge in [-0.15, -0.1) is 0 Å². The van der Waals surface area contributed by atoms with Crippen molar-refractivity contribution >= 4 is 0 Å². The van der Waals surface area contributed by atoms with Gasteiger partial charge in [0.1, 0.15) is 0 Å². The minimum atomic E-state index is 0.165. The standard InChI is InChI=1S/C6H16N2O/c1-6(2,3)8-4-5-9-7/h8H,4-5,7H2,1-3H3. The molecule has 0 aromatic rings. The second-order valence-electron chi connectivity index (χ2n) is 3.05. The molecule has 9 heavy (non-hydrogen) atoms. The maximum Gasteiger partial charge on any atom is 0.0804 e. The average Bonchev–Trinajstić information content (AvgIpc) is 1.63. The molecule has 0 saturated heterocycles. The first-order valence-corrected chi connectivity index (χ1v) is 3.13. The first-order chi connectivity index (χ1) is 4.06. The fraction of sp³-hybridized carbons (Fsp3) is 1.00. The predicted molar refractivity (Wildman–Crippen MR) is 37.9 cm³/mol. The summed E-state index contributed by atoms with van der Waals surface area (Å²) in [7, 11) is 0. The fourth-order valence-corrected chi connectivity index (χ4v) is 0.485. The molecular formula is C6H16N2O. The first-order valence-electron chi connectivity index (χ1n) is 3.13. The summed E-state index contributed by atoms with van der Waals surface area (Å²) < 4.78 is 0. The van der Waals surface area contributed by atoms with Gasteiger partial charge in [-0.3, -0.25) is 0 Å². The average molecular weight is 132 g/mol. The molecule has 3 heteroatoms. The molecule has 0 atom stereocenters. The van der Waals surface area contributed by atoms with Crippen molar-refractivity contribution in [1.29, 1.82) is 0 Å². The van der Waals surface area contributed by atoms with Crippen LogP contribution in [0.2, 0.25) is 0 Å². The van der Waals surface area contributed by atoms with Crippen LogP contribution in [-0.2, 0) is 4.84 Å². The van der Waals surface area contributed by atoms with Gasteiger partial charge in [-0.1, -0.05) is 0 Å². The van der Waals surface area contributed by atoms with Gasteiger partial charge < -0.3 is 10.2 Å². The predicted octanol–water partition coefficient (Wildman–Crippen LogP) is 0.265. The molecule has 0 aliphatic heterocycles. The SMILES string of the molecule is CC(C)(C)NCCON. The largest absolute Gasteiger partial charge is 0.310 e. The van der Waals surface area contributed by atoms with Crippen LogP contribution in [0.5, 0.6) is 0 Å². The molecule has 0 aliphatic rings. The third-order valence-electron chi connectivity index (χ3n) is 0.875. The van der Waals surface area contributed by atoms with Crippen LogP contribution >= 0.6 is 0 Å². The molecule has 0 aromatic carbocycles. The van der Waals surface area contributed by atoms with E-state index in [1.54, 1.807) is 0 Å². The summed E-state index contributed by atoms with van der Waals surface area (Å²) in [5.41, 5.74) is 0.165. The lowest BCUT2D eigenvalue weighted by Crippen LogP contribution is -2.38. The minimum Gasteiger partial charge on any atom is -0.310 e. The van der Waals surface area contributed by atoms with Gasteiger partial charge in [-0.05, 0) is 20.8 Å². The van der Waals surface area contributed by atoms with Crippen molar-refractivity contribution in [2.75, 3.05) is 13.2 Å². The second-order valence-corrected chi connectivity index (χ2v) is 3.05. The van der Waals surface area contributed by atoms with E-state index in [0.29, 0.717) is 6.61 Å². The zero-order valence-corrected chi connectivity index (χ0v) is 6.40. The lowest BCUT2D eigenvalue weighted by Gasteiger charge is -2.19. The summed E-state index contributed by atoms with van der Waals surface area (Å²) >= 11 is 0. The number of nitrogens with one attached hydrogen (secondary N) is 1. The molecule has 3 N–H and O–H groups in total. The summed E-state index contributed by atoms with van der Waals surface area (Å²) in [6.07, 6.45) is 0. The van der Waals surface area contributed by atoms with Crippen LogP contribution in [0.4, 0.5) is 0 Å². The molecule has 0 aromatic heterocycles. The van der Waals surface area contributed by atoms with E-state index in [-0.39, 0.29) is 5.54 Å². The van der Waals surface area contributed by atoms with Crippen LogP contribution in [0.1, 0.15) is 20.8 Å². The van der Waals surface area contributed by atoms with Crippen molar-refractivity contribution in [3.8, 4) is 0 Å². The maximum absolute atomic E-state index is 4.82. The van der Waals surface area contributed by atoms with Gasteiger partial charge in [-0.25, -0.2) is 5.90 Å². The highest BCUT2D eigenvalue weighted by Crippen LogP contribution is 1.96. The van der Waals surface area contributed by atoms with Gasteiger partial charge in [0.25, 0.3) is 0 Å². The summed E-state index contributed by atoms with van der Waals surface area (Å²) in [4.78, 5) is 4.37. The first kappa shape index (κ1) is 8.88. The Morgan fingerprint density at radius 1 is 1.44 bits per heavy atom. The molecule has 0 amide bonds. The van der Waals surface area contributed by atoms with Crippen LogP contribution in [-0.4, -0.2) is 18.7 Å². The van der Waals surface area contributed by atoms with Crippen LogP contribution in [0, 0.1) is 0 Å². The van der Waals surface area contributed by atoms with Crippen molar-refractivity contribution in [2.45, 2.75) is 26.3 Å². The molecule has 0 radical (unpaired) electrons. The Morgan fingerprint density at radius 2 is 2.00 bits per heavy atom. The van der Waals surface area contributed by atoms with Crippen molar-refractivity contribution < 1.29 is 4.84 Å². The topological polar surface area (TPSA) is 47.3 Å². The van der Waals surface area contributed by atoms with Gasteiger partial charge in [0.15, 0.2) is 0 Å². The third-order valence-corrected chi connectivity index (χ3v) is 0.875. The molecule has 0 spiro atoms. The van der Waals surface area contributed by atoms with Gasteiger partial charge >= 0.3 is 0 Å². The summed E-state index contributed by atoms with van der Waals surface area (Å²) in [6, 6.07) is 0. The van der Waals surface area contributed by atoms with E-state index in [0.717, 1.165) is 6.54 Å². The summed E-state index contributed by atoms with van der Waals surface area (Å²) in [6.45, 7) is 7.67. The number of hydrogen-bond acceptors (Lipinski definition) is 3. The maximum atomic E-state index is 4.82. The third kappa shape index (κ3) is 7.88. The Labute approximate surface area is 56.5 Å². The molecule has 3 nitrogen and oxygen atoms in total. The molecule has 56 valence electrons. The normalized spacial score (nSPS) is 12.0. The van der Waals surface area contributed by atoms with E-state index in [9.17, 15) is 0 Å². The Hall–Kier alpha value is -0.120. The van der Waals surface area contributed by atoms with E-state index < -0.39 is 0 Å². The lowest BCUT2D eigenvalue weighted by molar-refractivity contribution is 0.134. The lowest BCUT2D eigenvalue weighted by atomic mass is 10.1. The molecule has 0 rings (SSSR count). The monoisotopic (exact) mass is 132 g/mol.